The zero-order valence-electron chi connectivity index (χ0n) is 17.4. The van der Waals surface area contributed by atoms with Gasteiger partial charge in [0, 0.05) is 23.6 Å². The predicted octanol–water partition coefficient (Wildman–Crippen LogP) is 3.92. The SMILES string of the molecule is COC(=O)c1ccc(NC(=O)CSc2nccn3nc(-c4ccccc4OC)cc23)cc1. The van der Waals surface area contributed by atoms with Gasteiger partial charge in [-0.3, -0.25) is 4.79 Å². The van der Waals surface area contributed by atoms with E-state index in [0.717, 1.165) is 22.5 Å². The van der Waals surface area contributed by atoms with E-state index in [2.05, 4.69) is 20.1 Å². The number of carbonyl (C=O) groups excluding carboxylic acids is 2. The van der Waals surface area contributed by atoms with Crippen molar-refractivity contribution in [3.8, 4) is 17.0 Å². The molecule has 0 radical (unpaired) electrons. The number of aromatic nitrogens is 3. The zero-order chi connectivity index (χ0) is 22.5. The number of thioether (sulfide) groups is 1. The van der Waals surface area contributed by atoms with Gasteiger partial charge in [-0.1, -0.05) is 23.9 Å². The highest BCUT2D eigenvalue weighted by molar-refractivity contribution is 8.00. The Hall–Kier alpha value is -3.85. The number of methoxy groups -OCH3 is 2. The van der Waals surface area contributed by atoms with Crippen molar-refractivity contribution < 1.29 is 19.1 Å². The molecule has 0 atom stereocenters. The Morgan fingerprint density at radius 2 is 1.88 bits per heavy atom. The van der Waals surface area contributed by atoms with Crippen LogP contribution in [0.3, 0.4) is 0 Å². The molecule has 8 nitrogen and oxygen atoms in total. The van der Waals surface area contributed by atoms with E-state index in [0.29, 0.717) is 16.3 Å². The highest BCUT2D eigenvalue weighted by Gasteiger charge is 2.14. The van der Waals surface area contributed by atoms with Crippen LogP contribution >= 0.6 is 11.8 Å². The molecule has 1 N–H and O–H groups in total. The van der Waals surface area contributed by atoms with Gasteiger partial charge in [0.15, 0.2) is 0 Å². The molecule has 4 aromatic rings. The second kappa shape index (κ2) is 9.52. The second-order valence-electron chi connectivity index (χ2n) is 6.70. The first-order chi connectivity index (χ1) is 15.6. The minimum absolute atomic E-state index is 0.167. The Kier molecular flexibility index (Phi) is 6.37. The summed E-state index contributed by atoms with van der Waals surface area (Å²) in [5.41, 5.74) is 3.45. The third-order valence-corrected chi connectivity index (χ3v) is 5.66. The van der Waals surface area contributed by atoms with E-state index in [1.807, 2.05) is 30.3 Å². The van der Waals surface area contributed by atoms with Crippen molar-refractivity contribution in [1.82, 2.24) is 14.6 Å². The number of benzene rings is 2. The number of hydrogen-bond acceptors (Lipinski definition) is 7. The van der Waals surface area contributed by atoms with E-state index in [1.54, 1.807) is 48.3 Å². The molecule has 162 valence electrons. The number of nitrogens with zero attached hydrogens (tertiary/aromatic N) is 3. The number of hydrogen-bond donors (Lipinski definition) is 1. The summed E-state index contributed by atoms with van der Waals surface area (Å²) in [6.45, 7) is 0. The molecule has 1 amide bonds. The summed E-state index contributed by atoms with van der Waals surface area (Å²) in [5.74, 6) is 0.288. The normalized spacial score (nSPS) is 10.7. The lowest BCUT2D eigenvalue weighted by Crippen LogP contribution is -2.14. The van der Waals surface area contributed by atoms with Gasteiger partial charge >= 0.3 is 5.97 Å². The number of rotatable bonds is 7. The third kappa shape index (κ3) is 4.57. The van der Waals surface area contributed by atoms with E-state index < -0.39 is 5.97 Å². The van der Waals surface area contributed by atoms with Gasteiger partial charge in [-0.05, 0) is 42.5 Å². The van der Waals surface area contributed by atoms with E-state index >= 15 is 0 Å². The first-order valence-corrected chi connectivity index (χ1v) is 10.7. The third-order valence-electron chi connectivity index (χ3n) is 4.67. The van der Waals surface area contributed by atoms with Crippen molar-refractivity contribution >= 4 is 34.8 Å². The van der Waals surface area contributed by atoms with Gasteiger partial charge < -0.3 is 14.8 Å². The summed E-state index contributed by atoms with van der Waals surface area (Å²) in [6, 6.07) is 16.1. The number of esters is 1. The summed E-state index contributed by atoms with van der Waals surface area (Å²) in [7, 11) is 2.95. The molecule has 9 heteroatoms. The zero-order valence-corrected chi connectivity index (χ0v) is 18.3. The quantitative estimate of drug-likeness (QED) is 0.338. The Morgan fingerprint density at radius 1 is 1.09 bits per heavy atom. The van der Waals surface area contributed by atoms with Crippen LogP contribution in [0, 0.1) is 0 Å². The molecule has 0 bridgehead atoms. The topological polar surface area (TPSA) is 94.8 Å². The highest BCUT2D eigenvalue weighted by atomic mass is 32.2. The number of ether oxygens (including phenoxy) is 2. The summed E-state index contributed by atoms with van der Waals surface area (Å²) >= 11 is 1.32. The molecule has 0 unspecified atom stereocenters. The van der Waals surface area contributed by atoms with E-state index in [1.165, 1.54) is 18.9 Å². The van der Waals surface area contributed by atoms with Crippen LogP contribution in [0.15, 0.2) is 72.0 Å². The molecule has 0 spiro atoms. The standard InChI is InChI=1S/C23H20N4O4S/c1-30-20-6-4-3-5-17(20)18-13-19-22(24-11-12-27(19)26-18)32-14-21(28)25-16-9-7-15(8-10-16)23(29)31-2/h3-13H,14H2,1-2H3,(H,25,28). The molecular formula is C23H20N4O4S. The van der Waals surface area contributed by atoms with Crippen molar-refractivity contribution in [2.24, 2.45) is 0 Å². The minimum Gasteiger partial charge on any atom is -0.496 e. The van der Waals surface area contributed by atoms with Crippen LogP contribution in [0.5, 0.6) is 5.75 Å². The minimum atomic E-state index is -0.425. The number of anilines is 1. The van der Waals surface area contributed by atoms with Gasteiger partial charge in [-0.25, -0.2) is 14.3 Å². The lowest BCUT2D eigenvalue weighted by Gasteiger charge is -2.06. The number of carbonyl (C=O) groups is 2. The number of amides is 1. The summed E-state index contributed by atoms with van der Waals surface area (Å²) in [5, 5.41) is 8.13. The van der Waals surface area contributed by atoms with E-state index in [9.17, 15) is 9.59 Å². The van der Waals surface area contributed by atoms with Crippen molar-refractivity contribution in [2.75, 3.05) is 25.3 Å². The van der Waals surface area contributed by atoms with Gasteiger partial charge in [0.05, 0.1) is 36.7 Å². The molecule has 32 heavy (non-hydrogen) atoms. The fourth-order valence-corrected chi connectivity index (χ4v) is 3.91. The van der Waals surface area contributed by atoms with Crippen molar-refractivity contribution in [2.45, 2.75) is 5.03 Å². The first-order valence-electron chi connectivity index (χ1n) is 9.68. The molecule has 2 aromatic carbocycles. The summed E-state index contributed by atoms with van der Waals surface area (Å²) in [4.78, 5) is 28.3. The van der Waals surface area contributed by atoms with E-state index in [-0.39, 0.29) is 11.7 Å². The van der Waals surface area contributed by atoms with Gasteiger partial charge in [0.25, 0.3) is 0 Å². The number of para-hydroxylation sites is 1. The molecule has 0 saturated heterocycles. The molecule has 0 fully saturated rings. The Balaban J connectivity index is 1.47. The molecule has 2 heterocycles. The van der Waals surface area contributed by atoms with Crippen molar-refractivity contribution in [3.05, 3.63) is 72.6 Å². The van der Waals surface area contributed by atoms with Crippen LogP contribution in [0.4, 0.5) is 5.69 Å². The van der Waals surface area contributed by atoms with Crippen LogP contribution in [-0.2, 0) is 9.53 Å². The van der Waals surface area contributed by atoms with Crippen LogP contribution in [-0.4, -0.2) is 46.4 Å². The Bertz CT molecular complexity index is 1270. The predicted molar refractivity (Wildman–Crippen MR) is 122 cm³/mol. The largest absolute Gasteiger partial charge is 0.496 e. The van der Waals surface area contributed by atoms with Gasteiger partial charge in [0.2, 0.25) is 5.91 Å². The molecule has 0 aliphatic rings. The first kappa shape index (κ1) is 21.4. The Labute approximate surface area is 188 Å². The summed E-state index contributed by atoms with van der Waals surface area (Å²) < 4.78 is 11.8. The number of nitrogens with one attached hydrogen (secondary N) is 1. The maximum absolute atomic E-state index is 12.4. The van der Waals surface area contributed by atoms with Crippen LogP contribution in [0.1, 0.15) is 10.4 Å². The Morgan fingerprint density at radius 3 is 2.62 bits per heavy atom. The van der Waals surface area contributed by atoms with Gasteiger partial charge in [0.1, 0.15) is 10.8 Å². The van der Waals surface area contributed by atoms with Gasteiger partial charge in [-0.2, -0.15) is 5.10 Å². The maximum Gasteiger partial charge on any atom is 0.337 e. The lowest BCUT2D eigenvalue weighted by molar-refractivity contribution is -0.113. The molecule has 2 aromatic heterocycles. The molecular weight excluding hydrogens is 428 g/mol. The lowest BCUT2D eigenvalue weighted by atomic mass is 10.1. The molecule has 4 rings (SSSR count). The van der Waals surface area contributed by atoms with Crippen LogP contribution in [0.2, 0.25) is 0 Å². The molecule has 0 aliphatic heterocycles. The summed E-state index contributed by atoms with van der Waals surface area (Å²) in [6.07, 6.45) is 3.42. The van der Waals surface area contributed by atoms with Crippen LogP contribution in [0.25, 0.3) is 16.8 Å². The fourth-order valence-electron chi connectivity index (χ4n) is 3.14. The highest BCUT2D eigenvalue weighted by Crippen LogP contribution is 2.31. The smallest absolute Gasteiger partial charge is 0.337 e. The molecule has 0 aliphatic carbocycles. The second-order valence-corrected chi connectivity index (χ2v) is 7.66. The van der Waals surface area contributed by atoms with Crippen molar-refractivity contribution in [3.63, 3.8) is 0 Å². The maximum atomic E-state index is 12.4. The van der Waals surface area contributed by atoms with Gasteiger partial charge in [-0.15, -0.1) is 0 Å². The fraction of sp³-hybridized carbons (Fsp3) is 0.130. The average Bonchev–Trinajstić information content (AvgIpc) is 3.27. The molecule has 0 saturated carbocycles. The van der Waals surface area contributed by atoms with E-state index in [4.69, 9.17) is 4.74 Å². The average molecular weight is 449 g/mol. The van der Waals surface area contributed by atoms with Crippen LogP contribution < -0.4 is 10.1 Å². The van der Waals surface area contributed by atoms with Crippen molar-refractivity contribution in [1.29, 1.82) is 0 Å². The number of fused-ring (bicyclic) bond motifs is 1. The monoisotopic (exact) mass is 448 g/mol.